The van der Waals surface area contributed by atoms with Crippen molar-refractivity contribution >= 4 is 0 Å². The highest BCUT2D eigenvalue weighted by molar-refractivity contribution is 4.74. The Morgan fingerprint density at radius 1 is 1.33 bits per heavy atom. The molecule has 0 aromatic heterocycles. The maximum atomic E-state index is 9.90. The Morgan fingerprint density at radius 2 is 1.93 bits per heavy atom. The molecule has 1 aliphatic rings. The molecule has 0 aromatic carbocycles. The van der Waals surface area contributed by atoms with Gasteiger partial charge in [-0.1, -0.05) is 25.7 Å². The van der Waals surface area contributed by atoms with Crippen LogP contribution in [0.4, 0.5) is 0 Å². The first kappa shape index (κ1) is 12.9. The number of hydrogen-bond acceptors (Lipinski definition) is 3. The molecule has 1 saturated carbocycles. The third-order valence-corrected chi connectivity index (χ3v) is 3.60. The molecule has 15 heavy (non-hydrogen) atoms. The van der Waals surface area contributed by atoms with Crippen LogP contribution in [0.1, 0.15) is 39.0 Å². The largest absolute Gasteiger partial charge is 0.395 e. The van der Waals surface area contributed by atoms with E-state index in [2.05, 4.69) is 0 Å². The minimum atomic E-state index is -0.230. The first-order valence-corrected chi connectivity index (χ1v) is 6.12. The van der Waals surface area contributed by atoms with E-state index in [0.717, 1.165) is 12.3 Å². The molecule has 0 spiro atoms. The molecule has 0 bridgehead atoms. The van der Waals surface area contributed by atoms with Crippen LogP contribution in [0.2, 0.25) is 0 Å². The van der Waals surface area contributed by atoms with Crippen molar-refractivity contribution < 1.29 is 10.2 Å². The van der Waals surface area contributed by atoms with Crippen LogP contribution in [0.25, 0.3) is 0 Å². The lowest BCUT2D eigenvalue weighted by Crippen LogP contribution is -2.38. The van der Waals surface area contributed by atoms with E-state index in [0.29, 0.717) is 6.54 Å². The number of likely N-dealkylation sites (N-methyl/N-ethyl adjacent to an activating group) is 1. The Morgan fingerprint density at radius 3 is 2.47 bits per heavy atom. The highest BCUT2D eigenvalue weighted by atomic mass is 16.3. The van der Waals surface area contributed by atoms with Crippen LogP contribution in [-0.4, -0.2) is 47.5 Å². The Hall–Kier alpha value is -0.120. The summed E-state index contributed by atoms with van der Waals surface area (Å²) < 4.78 is 0. The lowest BCUT2D eigenvalue weighted by atomic mass is 10.00. The topological polar surface area (TPSA) is 43.7 Å². The van der Waals surface area contributed by atoms with Crippen molar-refractivity contribution in [1.82, 2.24) is 4.90 Å². The lowest BCUT2D eigenvalue weighted by molar-refractivity contribution is 0.0714. The van der Waals surface area contributed by atoms with Crippen LogP contribution >= 0.6 is 0 Å². The van der Waals surface area contributed by atoms with Gasteiger partial charge >= 0.3 is 0 Å². The van der Waals surface area contributed by atoms with E-state index >= 15 is 0 Å². The van der Waals surface area contributed by atoms with Gasteiger partial charge in [-0.05, 0) is 26.3 Å². The molecule has 0 heterocycles. The van der Waals surface area contributed by atoms with Crippen LogP contribution in [-0.2, 0) is 0 Å². The van der Waals surface area contributed by atoms with Crippen LogP contribution < -0.4 is 0 Å². The molecule has 2 N–H and O–H groups in total. The molecular formula is C12H25NO2. The summed E-state index contributed by atoms with van der Waals surface area (Å²) in [6.45, 7) is 2.81. The quantitative estimate of drug-likeness (QED) is 0.700. The van der Waals surface area contributed by atoms with Gasteiger partial charge < -0.3 is 10.2 Å². The molecule has 90 valence electrons. The number of hydrogen-bond donors (Lipinski definition) is 2. The average molecular weight is 215 g/mol. The second kappa shape index (κ2) is 6.46. The fraction of sp³-hybridized carbons (Fsp3) is 1.00. The molecule has 0 aromatic rings. The molecule has 1 fully saturated rings. The van der Waals surface area contributed by atoms with Crippen LogP contribution in [0.15, 0.2) is 0 Å². The standard InChI is InChI=1S/C12H25NO2/c1-10(9-14)13(2)8-12(15)7-11-5-3-4-6-11/h10-12,14-15H,3-9H2,1-2H3. The van der Waals surface area contributed by atoms with Gasteiger partial charge in [-0.25, -0.2) is 0 Å². The smallest absolute Gasteiger partial charge is 0.0669 e. The minimum Gasteiger partial charge on any atom is -0.395 e. The Bertz CT molecular complexity index is 169. The van der Waals surface area contributed by atoms with Gasteiger partial charge in [0.2, 0.25) is 0 Å². The first-order valence-electron chi connectivity index (χ1n) is 6.12. The minimum absolute atomic E-state index is 0.142. The maximum Gasteiger partial charge on any atom is 0.0669 e. The monoisotopic (exact) mass is 215 g/mol. The summed E-state index contributed by atoms with van der Waals surface area (Å²) in [7, 11) is 1.96. The van der Waals surface area contributed by atoms with Gasteiger partial charge in [0, 0.05) is 12.6 Å². The van der Waals surface area contributed by atoms with E-state index in [1.807, 2.05) is 18.9 Å². The first-order chi connectivity index (χ1) is 7.13. The zero-order valence-corrected chi connectivity index (χ0v) is 10.0. The third kappa shape index (κ3) is 4.49. The van der Waals surface area contributed by atoms with E-state index < -0.39 is 0 Å². The van der Waals surface area contributed by atoms with Crippen LogP contribution in [0.3, 0.4) is 0 Å². The van der Waals surface area contributed by atoms with Crippen LogP contribution in [0, 0.1) is 5.92 Å². The van der Waals surface area contributed by atoms with E-state index in [9.17, 15) is 5.11 Å². The van der Waals surface area contributed by atoms with Gasteiger partial charge in [0.05, 0.1) is 12.7 Å². The Kier molecular flexibility index (Phi) is 5.58. The van der Waals surface area contributed by atoms with Gasteiger partial charge in [0.15, 0.2) is 0 Å². The zero-order chi connectivity index (χ0) is 11.3. The van der Waals surface area contributed by atoms with Gasteiger partial charge in [-0.3, -0.25) is 4.90 Å². The summed E-state index contributed by atoms with van der Waals surface area (Å²) in [5, 5.41) is 18.9. The number of nitrogens with zero attached hydrogens (tertiary/aromatic N) is 1. The summed E-state index contributed by atoms with van der Waals surface area (Å²) in [6.07, 6.45) is 5.95. The zero-order valence-electron chi connectivity index (χ0n) is 10.0. The third-order valence-electron chi connectivity index (χ3n) is 3.60. The highest BCUT2D eigenvalue weighted by Crippen LogP contribution is 2.28. The van der Waals surface area contributed by atoms with Crippen molar-refractivity contribution in [3.63, 3.8) is 0 Å². The lowest BCUT2D eigenvalue weighted by Gasteiger charge is -2.26. The van der Waals surface area contributed by atoms with E-state index in [1.54, 1.807) is 0 Å². The van der Waals surface area contributed by atoms with Gasteiger partial charge in [-0.15, -0.1) is 0 Å². The molecular weight excluding hydrogens is 190 g/mol. The maximum absolute atomic E-state index is 9.90. The normalized spacial score (nSPS) is 22.2. The van der Waals surface area contributed by atoms with Crippen molar-refractivity contribution in [2.45, 2.75) is 51.2 Å². The SMILES string of the molecule is CC(CO)N(C)CC(O)CC1CCCC1. The second-order valence-electron chi connectivity index (χ2n) is 5.01. The molecule has 2 unspecified atom stereocenters. The van der Waals surface area contributed by atoms with Gasteiger partial charge in [0.25, 0.3) is 0 Å². The highest BCUT2D eigenvalue weighted by Gasteiger charge is 2.20. The molecule has 1 rings (SSSR count). The predicted molar refractivity (Wildman–Crippen MR) is 61.8 cm³/mol. The molecule has 2 atom stereocenters. The summed E-state index contributed by atoms with van der Waals surface area (Å²) >= 11 is 0. The summed E-state index contributed by atoms with van der Waals surface area (Å²) in [4.78, 5) is 2.03. The van der Waals surface area contributed by atoms with Crippen molar-refractivity contribution in [2.75, 3.05) is 20.2 Å². The predicted octanol–water partition coefficient (Wildman–Crippen LogP) is 1.24. The summed E-state index contributed by atoms with van der Waals surface area (Å²) in [5.74, 6) is 0.734. The molecule has 1 aliphatic carbocycles. The van der Waals surface area contributed by atoms with Crippen molar-refractivity contribution in [3.8, 4) is 0 Å². The molecule has 3 heteroatoms. The molecule has 0 radical (unpaired) electrons. The van der Waals surface area contributed by atoms with Crippen molar-refractivity contribution in [3.05, 3.63) is 0 Å². The molecule has 0 aliphatic heterocycles. The van der Waals surface area contributed by atoms with E-state index in [1.165, 1.54) is 25.7 Å². The second-order valence-corrected chi connectivity index (χ2v) is 5.01. The number of aliphatic hydroxyl groups is 2. The number of rotatable bonds is 6. The molecule has 0 saturated heterocycles. The molecule has 0 amide bonds. The van der Waals surface area contributed by atoms with Crippen molar-refractivity contribution in [1.29, 1.82) is 0 Å². The summed E-state index contributed by atoms with van der Waals surface area (Å²) in [5.41, 5.74) is 0. The average Bonchev–Trinajstić information content (AvgIpc) is 2.68. The van der Waals surface area contributed by atoms with E-state index in [-0.39, 0.29) is 18.8 Å². The van der Waals surface area contributed by atoms with Crippen molar-refractivity contribution in [2.24, 2.45) is 5.92 Å². The van der Waals surface area contributed by atoms with Gasteiger partial charge in [0.1, 0.15) is 0 Å². The Balaban J connectivity index is 2.19. The fourth-order valence-corrected chi connectivity index (χ4v) is 2.36. The van der Waals surface area contributed by atoms with E-state index in [4.69, 9.17) is 5.11 Å². The fourth-order valence-electron chi connectivity index (χ4n) is 2.36. The van der Waals surface area contributed by atoms with Crippen LogP contribution in [0.5, 0.6) is 0 Å². The number of aliphatic hydroxyl groups excluding tert-OH is 2. The summed E-state index contributed by atoms with van der Waals surface area (Å²) in [6, 6.07) is 0.142. The Labute approximate surface area is 93.1 Å². The molecule has 3 nitrogen and oxygen atoms in total. The van der Waals surface area contributed by atoms with Gasteiger partial charge in [-0.2, -0.15) is 0 Å².